The highest BCUT2D eigenvalue weighted by molar-refractivity contribution is 8.11. The fourth-order valence-corrected chi connectivity index (χ4v) is 8.90. The Morgan fingerprint density at radius 2 is 1.42 bits per heavy atom. The van der Waals surface area contributed by atoms with Crippen LogP contribution in [0.25, 0.3) is 0 Å². The average Bonchev–Trinajstić information content (AvgIpc) is 2.70. The summed E-state index contributed by atoms with van der Waals surface area (Å²) in [6.45, 7) is 0. The predicted octanol–water partition coefficient (Wildman–Crippen LogP) is 2.60. The van der Waals surface area contributed by atoms with Gasteiger partial charge in [0, 0.05) is 17.4 Å². The van der Waals surface area contributed by atoms with E-state index in [4.69, 9.17) is 11.6 Å². The van der Waals surface area contributed by atoms with E-state index in [1.165, 1.54) is 36.4 Å². The molecule has 2 aromatic carbocycles. The first-order valence-electron chi connectivity index (χ1n) is 7.06. The van der Waals surface area contributed by atoms with Gasteiger partial charge < -0.3 is 4.79 Å². The quantitative estimate of drug-likeness (QED) is 0.756. The van der Waals surface area contributed by atoms with Crippen LogP contribution in [-0.2, 0) is 24.5 Å². The molecule has 126 valence electrons. The van der Waals surface area contributed by atoms with Crippen LogP contribution < -0.4 is 0 Å². The van der Waals surface area contributed by atoms with Crippen LogP contribution >= 0.6 is 11.6 Å². The SMILES string of the molecule is O=CC[C@@H](c1ccc(Cl)cc1)C1S(=O)(=O)c2ccccc2S1(=O)=O. The minimum atomic E-state index is -4.11. The van der Waals surface area contributed by atoms with Gasteiger partial charge in [-0.2, -0.15) is 0 Å². The van der Waals surface area contributed by atoms with Gasteiger partial charge in [-0.25, -0.2) is 16.8 Å². The van der Waals surface area contributed by atoms with Crippen LogP contribution in [0.15, 0.2) is 58.3 Å². The van der Waals surface area contributed by atoms with Gasteiger partial charge in [-0.05, 0) is 29.8 Å². The third kappa shape index (κ3) is 2.56. The van der Waals surface area contributed by atoms with Crippen LogP contribution in [0.3, 0.4) is 0 Å². The van der Waals surface area contributed by atoms with Crippen molar-refractivity contribution >= 4 is 37.6 Å². The molecular weight excluding hydrogens is 372 g/mol. The fourth-order valence-electron chi connectivity index (χ4n) is 2.99. The van der Waals surface area contributed by atoms with E-state index < -0.39 is 30.2 Å². The normalized spacial score (nSPS) is 19.5. The Morgan fingerprint density at radius 3 is 1.88 bits per heavy atom. The molecule has 2 aromatic rings. The molecule has 0 saturated heterocycles. The molecule has 0 radical (unpaired) electrons. The summed E-state index contributed by atoms with van der Waals surface area (Å²) in [5.74, 6) is -0.998. The van der Waals surface area contributed by atoms with E-state index in [0.29, 0.717) is 16.9 Å². The minimum absolute atomic E-state index is 0.208. The smallest absolute Gasteiger partial charge is 0.197 e. The Bertz CT molecular complexity index is 942. The van der Waals surface area contributed by atoms with Crippen molar-refractivity contribution in [2.24, 2.45) is 0 Å². The number of halogens is 1. The predicted molar refractivity (Wildman–Crippen MR) is 89.5 cm³/mol. The van der Waals surface area contributed by atoms with Crippen LogP contribution in [0.1, 0.15) is 17.9 Å². The zero-order chi connectivity index (χ0) is 17.5. The third-order valence-electron chi connectivity index (χ3n) is 4.05. The van der Waals surface area contributed by atoms with Crippen molar-refractivity contribution in [1.82, 2.24) is 0 Å². The van der Waals surface area contributed by atoms with Crippen molar-refractivity contribution in [3.63, 3.8) is 0 Å². The maximum Gasteiger partial charge on any atom is 0.197 e. The van der Waals surface area contributed by atoms with Crippen LogP contribution in [0, 0.1) is 0 Å². The monoisotopic (exact) mass is 384 g/mol. The van der Waals surface area contributed by atoms with Gasteiger partial charge in [-0.1, -0.05) is 35.9 Å². The molecule has 0 amide bonds. The summed E-state index contributed by atoms with van der Waals surface area (Å²) in [5, 5.41) is 0.434. The van der Waals surface area contributed by atoms with Gasteiger partial charge in [0.2, 0.25) is 0 Å². The molecular formula is C16H13ClO5S2. The molecule has 0 N–H and O–H groups in total. The lowest BCUT2D eigenvalue weighted by atomic mass is 9.98. The molecule has 1 aliphatic rings. The lowest BCUT2D eigenvalue weighted by molar-refractivity contribution is -0.108. The Morgan fingerprint density at radius 1 is 0.917 bits per heavy atom. The first kappa shape index (κ1) is 17.1. The number of aldehydes is 1. The Balaban J connectivity index is 2.22. The highest BCUT2D eigenvalue weighted by Gasteiger charge is 2.53. The van der Waals surface area contributed by atoms with Gasteiger partial charge in [-0.15, -0.1) is 0 Å². The van der Waals surface area contributed by atoms with Crippen molar-refractivity contribution in [3.8, 4) is 0 Å². The Labute approximate surface area is 145 Å². The molecule has 0 saturated carbocycles. The van der Waals surface area contributed by atoms with E-state index in [1.807, 2.05) is 0 Å². The van der Waals surface area contributed by atoms with Crippen molar-refractivity contribution in [2.75, 3.05) is 0 Å². The minimum Gasteiger partial charge on any atom is -0.303 e. The lowest BCUT2D eigenvalue weighted by Gasteiger charge is -2.20. The van der Waals surface area contributed by atoms with Gasteiger partial charge in [0.25, 0.3) is 0 Å². The first-order valence-corrected chi connectivity index (χ1v) is 10.5. The van der Waals surface area contributed by atoms with Gasteiger partial charge in [0.15, 0.2) is 24.3 Å². The second-order valence-electron chi connectivity index (χ2n) is 5.47. The number of carbonyl (C=O) groups excluding carboxylic acids is 1. The third-order valence-corrected chi connectivity index (χ3v) is 9.77. The molecule has 0 bridgehead atoms. The molecule has 3 rings (SSSR count). The van der Waals surface area contributed by atoms with E-state index in [9.17, 15) is 21.6 Å². The summed E-state index contributed by atoms with van der Waals surface area (Å²) < 4.78 is 49.6. The molecule has 8 heteroatoms. The fraction of sp³-hybridized carbons (Fsp3) is 0.188. The van der Waals surface area contributed by atoms with Gasteiger partial charge in [0.1, 0.15) is 6.29 Å². The maximum atomic E-state index is 12.8. The Kier molecular flexibility index (Phi) is 4.27. The van der Waals surface area contributed by atoms with E-state index in [-0.39, 0.29) is 16.2 Å². The van der Waals surface area contributed by atoms with Crippen molar-refractivity contribution in [3.05, 3.63) is 59.1 Å². The summed E-state index contributed by atoms with van der Waals surface area (Å²) in [4.78, 5) is 10.7. The van der Waals surface area contributed by atoms with E-state index >= 15 is 0 Å². The summed E-state index contributed by atoms with van der Waals surface area (Å²) in [6, 6.07) is 11.7. The average molecular weight is 385 g/mol. The number of fused-ring (bicyclic) bond motifs is 1. The highest BCUT2D eigenvalue weighted by Crippen LogP contribution is 2.45. The topological polar surface area (TPSA) is 85.3 Å². The van der Waals surface area contributed by atoms with Gasteiger partial charge in [0.05, 0.1) is 9.79 Å². The zero-order valence-corrected chi connectivity index (χ0v) is 14.7. The van der Waals surface area contributed by atoms with Crippen molar-refractivity contribution < 1.29 is 21.6 Å². The summed E-state index contributed by atoms with van der Waals surface area (Å²) in [7, 11) is -8.23. The van der Waals surface area contributed by atoms with Crippen molar-refractivity contribution in [2.45, 2.75) is 26.7 Å². The summed E-state index contributed by atoms with van der Waals surface area (Å²) in [6.07, 6.45) is 0.312. The van der Waals surface area contributed by atoms with Crippen LogP contribution in [0.5, 0.6) is 0 Å². The molecule has 24 heavy (non-hydrogen) atoms. The van der Waals surface area contributed by atoms with Crippen molar-refractivity contribution in [1.29, 1.82) is 0 Å². The standard InChI is InChI=1S/C16H13ClO5S2/c17-12-7-5-11(6-8-12)13(9-10-18)16-23(19,20)14-3-1-2-4-15(14)24(16,21)22/h1-8,10,13,16H,9H2/t13-/m0/s1. The second-order valence-corrected chi connectivity index (χ2v) is 10.3. The molecule has 5 nitrogen and oxygen atoms in total. The molecule has 0 spiro atoms. The van der Waals surface area contributed by atoms with E-state index in [0.717, 1.165) is 0 Å². The number of hydrogen-bond donors (Lipinski definition) is 0. The van der Waals surface area contributed by atoms with Crippen LogP contribution in [0.4, 0.5) is 0 Å². The Hall–Kier alpha value is -1.70. The molecule has 0 aromatic heterocycles. The number of benzene rings is 2. The summed E-state index contributed by atoms with van der Waals surface area (Å²) >= 11 is 5.83. The first-order chi connectivity index (χ1) is 11.3. The number of hydrogen-bond acceptors (Lipinski definition) is 5. The largest absolute Gasteiger partial charge is 0.303 e. The number of sulfone groups is 2. The molecule has 1 atom stereocenters. The maximum absolute atomic E-state index is 12.8. The number of rotatable bonds is 4. The van der Waals surface area contributed by atoms with E-state index in [1.54, 1.807) is 12.1 Å². The van der Waals surface area contributed by atoms with Gasteiger partial charge in [-0.3, -0.25) is 0 Å². The molecule has 0 aliphatic carbocycles. The van der Waals surface area contributed by atoms with Gasteiger partial charge >= 0.3 is 0 Å². The number of carbonyl (C=O) groups is 1. The highest BCUT2D eigenvalue weighted by atomic mass is 35.5. The van der Waals surface area contributed by atoms with E-state index in [2.05, 4.69) is 0 Å². The summed E-state index contributed by atoms with van der Waals surface area (Å²) in [5.41, 5.74) is 0.441. The van der Waals surface area contributed by atoms with Crippen LogP contribution in [0.2, 0.25) is 5.02 Å². The second kappa shape index (κ2) is 5.98. The molecule has 0 fully saturated rings. The van der Waals surface area contributed by atoms with Crippen LogP contribution in [-0.4, -0.2) is 27.7 Å². The molecule has 1 heterocycles. The molecule has 1 aliphatic heterocycles. The molecule has 0 unspecified atom stereocenters. The lowest BCUT2D eigenvalue weighted by Crippen LogP contribution is -2.31. The zero-order valence-electron chi connectivity index (χ0n) is 12.3.